The molecule has 2 aliphatic carbocycles. The number of Topliss-reactive ketones (excluding diaryl/α,β-unsaturated/α-hetero) is 1. The Labute approximate surface area is 113 Å². The van der Waals surface area contributed by atoms with Crippen molar-refractivity contribution < 1.29 is 4.79 Å². The van der Waals surface area contributed by atoms with E-state index in [0.717, 1.165) is 24.7 Å². The van der Waals surface area contributed by atoms with Crippen LogP contribution in [0.3, 0.4) is 0 Å². The molecular formula is C17H30O. The first kappa shape index (κ1) is 14.1. The van der Waals surface area contributed by atoms with Crippen LogP contribution in [0.2, 0.25) is 0 Å². The largest absolute Gasteiger partial charge is 0.299 e. The van der Waals surface area contributed by atoms with Crippen molar-refractivity contribution in [3.63, 3.8) is 0 Å². The minimum Gasteiger partial charge on any atom is -0.299 e. The van der Waals surface area contributed by atoms with E-state index in [4.69, 9.17) is 0 Å². The van der Waals surface area contributed by atoms with Gasteiger partial charge in [0.25, 0.3) is 0 Å². The average Bonchev–Trinajstić information content (AvgIpc) is 3.12. The summed E-state index contributed by atoms with van der Waals surface area (Å²) in [4.78, 5) is 12.1. The van der Waals surface area contributed by atoms with Crippen molar-refractivity contribution >= 4 is 5.78 Å². The highest BCUT2D eigenvalue weighted by Crippen LogP contribution is 2.56. The van der Waals surface area contributed by atoms with Crippen molar-refractivity contribution in [2.75, 3.05) is 0 Å². The molecule has 2 unspecified atom stereocenters. The summed E-state index contributed by atoms with van der Waals surface area (Å²) < 4.78 is 0. The zero-order chi connectivity index (χ0) is 12.8. The van der Waals surface area contributed by atoms with Gasteiger partial charge in [-0.15, -0.1) is 0 Å². The van der Waals surface area contributed by atoms with E-state index in [9.17, 15) is 4.79 Å². The zero-order valence-electron chi connectivity index (χ0n) is 12.1. The Morgan fingerprint density at radius 2 is 1.44 bits per heavy atom. The van der Waals surface area contributed by atoms with Crippen molar-refractivity contribution in [1.29, 1.82) is 0 Å². The Balaban J connectivity index is 1.48. The minimum atomic E-state index is 0.507. The van der Waals surface area contributed by atoms with Gasteiger partial charge in [-0.25, -0.2) is 0 Å². The first-order valence-electron chi connectivity index (χ1n) is 8.37. The van der Waals surface area contributed by atoms with Gasteiger partial charge in [0, 0.05) is 12.3 Å². The van der Waals surface area contributed by atoms with Gasteiger partial charge in [-0.05, 0) is 31.1 Å². The molecule has 0 bridgehead atoms. The van der Waals surface area contributed by atoms with Crippen LogP contribution in [-0.2, 0) is 4.79 Å². The molecule has 0 spiro atoms. The van der Waals surface area contributed by atoms with Crippen LogP contribution in [0.25, 0.3) is 0 Å². The third kappa shape index (κ3) is 3.83. The molecule has 2 saturated carbocycles. The molecular weight excluding hydrogens is 220 g/mol. The monoisotopic (exact) mass is 250 g/mol. The van der Waals surface area contributed by atoms with Gasteiger partial charge in [0.05, 0.1) is 0 Å². The Hall–Kier alpha value is -0.330. The average molecular weight is 250 g/mol. The van der Waals surface area contributed by atoms with Gasteiger partial charge >= 0.3 is 0 Å². The summed E-state index contributed by atoms with van der Waals surface area (Å²) in [6, 6.07) is 0. The number of hydrogen-bond donors (Lipinski definition) is 0. The van der Waals surface area contributed by atoms with E-state index in [0.29, 0.717) is 11.7 Å². The second-order valence-electron chi connectivity index (χ2n) is 6.48. The van der Waals surface area contributed by atoms with E-state index in [-0.39, 0.29) is 0 Å². The van der Waals surface area contributed by atoms with E-state index >= 15 is 0 Å². The SMILES string of the molecule is CCCCCCCCCC(=O)C1C2CCCCC21. The van der Waals surface area contributed by atoms with Crippen LogP contribution in [0.4, 0.5) is 0 Å². The lowest BCUT2D eigenvalue weighted by Gasteiger charge is -2.04. The predicted molar refractivity (Wildman–Crippen MR) is 76.6 cm³/mol. The highest BCUT2D eigenvalue weighted by atomic mass is 16.1. The molecule has 0 aromatic carbocycles. The summed E-state index contributed by atoms with van der Waals surface area (Å²) in [5, 5.41) is 0. The third-order valence-electron chi connectivity index (χ3n) is 5.06. The minimum absolute atomic E-state index is 0.507. The molecule has 2 fully saturated rings. The van der Waals surface area contributed by atoms with E-state index in [1.807, 2.05) is 0 Å². The number of carbonyl (C=O) groups excluding carboxylic acids is 1. The number of ketones is 1. The Bertz CT molecular complexity index is 246. The van der Waals surface area contributed by atoms with Gasteiger partial charge < -0.3 is 0 Å². The van der Waals surface area contributed by atoms with Crippen molar-refractivity contribution in [3.05, 3.63) is 0 Å². The molecule has 1 heteroatoms. The van der Waals surface area contributed by atoms with Gasteiger partial charge in [0.1, 0.15) is 5.78 Å². The van der Waals surface area contributed by atoms with Crippen LogP contribution in [0.15, 0.2) is 0 Å². The lowest BCUT2D eigenvalue weighted by Crippen LogP contribution is -2.03. The van der Waals surface area contributed by atoms with Crippen molar-refractivity contribution in [3.8, 4) is 0 Å². The Morgan fingerprint density at radius 1 is 0.889 bits per heavy atom. The van der Waals surface area contributed by atoms with E-state index < -0.39 is 0 Å². The molecule has 0 aromatic rings. The summed E-state index contributed by atoms with van der Waals surface area (Å²) in [5.41, 5.74) is 0. The van der Waals surface area contributed by atoms with Crippen molar-refractivity contribution in [2.45, 2.75) is 84.0 Å². The van der Waals surface area contributed by atoms with E-state index in [2.05, 4.69) is 6.92 Å². The number of unbranched alkanes of at least 4 members (excludes halogenated alkanes) is 6. The molecule has 2 rings (SSSR count). The van der Waals surface area contributed by atoms with Gasteiger partial charge in [0.2, 0.25) is 0 Å². The van der Waals surface area contributed by atoms with E-state index in [1.54, 1.807) is 0 Å². The molecule has 104 valence electrons. The third-order valence-corrected chi connectivity index (χ3v) is 5.06. The molecule has 0 aliphatic heterocycles. The van der Waals surface area contributed by atoms with Crippen LogP contribution >= 0.6 is 0 Å². The van der Waals surface area contributed by atoms with Crippen LogP contribution in [0.1, 0.15) is 84.0 Å². The highest BCUT2D eigenvalue weighted by molar-refractivity contribution is 5.84. The molecule has 2 aliphatic rings. The maximum Gasteiger partial charge on any atom is 0.136 e. The molecule has 2 atom stereocenters. The fraction of sp³-hybridized carbons (Fsp3) is 0.941. The number of rotatable bonds is 9. The summed E-state index contributed by atoms with van der Waals surface area (Å²) in [5.74, 6) is 2.75. The molecule has 0 N–H and O–H groups in total. The van der Waals surface area contributed by atoms with Gasteiger partial charge in [-0.1, -0.05) is 58.3 Å². The quantitative estimate of drug-likeness (QED) is 0.518. The Morgan fingerprint density at radius 3 is 2.06 bits per heavy atom. The summed E-state index contributed by atoms with van der Waals surface area (Å²) in [6.07, 6.45) is 15.6. The van der Waals surface area contributed by atoms with E-state index in [1.165, 1.54) is 64.2 Å². The normalized spacial score (nSPS) is 29.9. The maximum atomic E-state index is 12.1. The van der Waals surface area contributed by atoms with Crippen LogP contribution in [0.5, 0.6) is 0 Å². The number of carbonyl (C=O) groups is 1. The molecule has 0 heterocycles. The fourth-order valence-electron chi connectivity index (χ4n) is 3.89. The molecule has 0 amide bonds. The smallest absolute Gasteiger partial charge is 0.136 e. The van der Waals surface area contributed by atoms with Crippen molar-refractivity contribution in [2.24, 2.45) is 17.8 Å². The Kier molecular flexibility index (Phi) is 5.72. The highest BCUT2D eigenvalue weighted by Gasteiger charge is 2.53. The lowest BCUT2D eigenvalue weighted by molar-refractivity contribution is -0.120. The van der Waals surface area contributed by atoms with Crippen LogP contribution in [-0.4, -0.2) is 5.78 Å². The topological polar surface area (TPSA) is 17.1 Å². The zero-order valence-corrected chi connectivity index (χ0v) is 12.1. The first-order valence-corrected chi connectivity index (χ1v) is 8.37. The summed E-state index contributed by atoms with van der Waals surface area (Å²) in [7, 11) is 0. The van der Waals surface area contributed by atoms with Gasteiger partial charge in [-0.3, -0.25) is 4.79 Å². The molecule has 1 nitrogen and oxygen atoms in total. The summed E-state index contributed by atoms with van der Waals surface area (Å²) in [6.45, 7) is 2.26. The molecule has 0 radical (unpaired) electrons. The molecule has 0 saturated heterocycles. The predicted octanol–water partition coefficient (Wildman–Crippen LogP) is 5.13. The van der Waals surface area contributed by atoms with Crippen molar-refractivity contribution in [1.82, 2.24) is 0 Å². The molecule has 18 heavy (non-hydrogen) atoms. The summed E-state index contributed by atoms with van der Waals surface area (Å²) >= 11 is 0. The first-order chi connectivity index (χ1) is 8.84. The maximum absolute atomic E-state index is 12.1. The standard InChI is InChI=1S/C17H30O/c1-2-3-4-5-6-7-8-13-16(18)17-14-11-9-10-12-15(14)17/h14-15,17H,2-13H2,1H3. The number of fused-ring (bicyclic) bond motifs is 1. The van der Waals surface area contributed by atoms with Gasteiger partial charge in [0.15, 0.2) is 0 Å². The van der Waals surface area contributed by atoms with Crippen LogP contribution < -0.4 is 0 Å². The van der Waals surface area contributed by atoms with Gasteiger partial charge in [-0.2, -0.15) is 0 Å². The lowest BCUT2D eigenvalue weighted by atomic mass is 10.0. The van der Waals surface area contributed by atoms with Crippen LogP contribution in [0, 0.1) is 17.8 Å². The fourth-order valence-corrected chi connectivity index (χ4v) is 3.89. The second-order valence-corrected chi connectivity index (χ2v) is 6.48. The molecule has 0 aromatic heterocycles. The number of hydrogen-bond acceptors (Lipinski definition) is 1. The second kappa shape index (κ2) is 7.31.